The standard InChI is InChI=1S/C18H24O/c1-14(2)17-10-8-16(9-11-17)13-18(19)12-15-6-4-3-5-7-15/h6,8-11,14H,3-5,7,12-13H2,1-2H3. The molecule has 0 spiro atoms. The van der Waals surface area contributed by atoms with Crippen LogP contribution in [0, 0.1) is 0 Å². The van der Waals surface area contributed by atoms with Gasteiger partial charge in [-0.1, -0.05) is 49.8 Å². The molecular weight excluding hydrogens is 232 g/mol. The summed E-state index contributed by atoms with van der Waals surface area (Å²) in [6.07, 6.45) is 8.32. The van der Waals surface area contributed by atoms with Crippen molar-refractivity contribution in [3.05, 3.63) is 47.0 Å². The van der Waals surface area contributed by atoms with Gasteiger partial charge in [0.15, 0.2) is 0 Å². The largest absolute Gasteiger partial charge is 0.299 e. The van der Waals surface area contributed by atoms with Crippen molar-refractivity contribution in [1.29, 1.82) is 0 Å². The van der Waals surface area contributed by atoms with Crippen molar-refractivity contribution in [2.24, 2.45) is 0 Å². The molecular formula is C18H24O. The third kappa shape index (κ3) is 4.34. The van der Waals surface area contributed by atoms with E-state index in [9.17, 15) is 4.79 Å². The molecule has 0 amide bonds. The van der Waals surface area contributed by atoms with Crippen LogP contribution in [0.3, 0.4) is 0 Å². The van der Waals surface area contributed by atoms with Crippen molar-refractivity contribution in [1.82, 2.24) is 0 Å². The Kier molecular flexibility index (Phi) is 4.95. The second kappa shape index (κ2) is 6.70. The number of carbonyl (C=O) groups is 1. The molecule has 0 N–H and O–H groups in total. The summed E-state index contributed by atoms with van der Waals surface area (Å²) in [5, 5.41) is 0. The second-order valence-electron chi connectivity index (χ2n) is 5.90. The maximum atomic E-state index is 12.1. The zero-order valence-corrected chi connectivity index (χ0v) is 12.1. The highest BCUT2D eigenvalue weighted by Gasteiger charge is 2.10. The van der Waals surface area contributed by atoms with E-state index in [0.717, 1.165) is 18.4 Å². The number of benzene rings is 1. The molecule has 0 atom stereocenters. The summed E-state index contributed by atoms with van der Waals surface area (Å²) in [5.41, 5.74) is 3.84. The van der Waals surface area contributed by atoms with Gasteiger partial charge in [0.05, 0.1) is 0 Å². The molecule has 1 aromatic carbocycles. The van der Waals surface area contributed by atoms with Crippen molar-refractivity contribution < 1.29 is 4.79 Å². The van der Waals surface area contributed by atoms with Crippen LogP contribution in [0.4, 0.5) is 0 Å². The average molecular weight is 256 g/mol. The van der Waals surface area contributed by atoms with Crippen molar-refractivity contribution in [3.8, 4) is 0 Å². The lowest BCUT2D eigenvalue weighted by molar-refractivity contribution is -0.117. The SMILES string of the molecule is CC(C)c1ccc(CC(=O)CC2=CCCCC2)cc1. The molecule has 0 aromatic heterocycles. The van der Waals surface area contributed by atoms with Crippen LogP contribution in [0.5, 0.6) is 0 Å². The molecule has 1 heteroatoms. The fourth-order valence-corrected chi connectivity index (χ4v) is 2.63. The first-order chi connectivity index (χ1) is 9.15. The van der Waals surface area contributed by atoms with Crippen LogP contribution in [-0.2, 0) is 11.2 Å². The van der Waals surface area contributed by atoms with Crippen LogP contribution in [0.2, 0.25) is 0 Å². The summed E-state index contributed by atoms with van der Waals surface area (Å²) < 4.78 is 0. The van der Waals surface area contributed by atoms with Gasteiger partial charge in [-0.05, 0) is 42.7 Å². The third-order valence-electron chi connectivity index (χ3n) is 3.86. The summed E-state index contributed by atoms with van der Waals surface area (Å²) >= 11 is 0. The first-order valence-electron chi connectivity index (χ1n) is 7.43. The average Bonchev–Trinajstić information content (AvgIpc) is 2.40. The van der Waals surface area contributed by atoms with Crippen molar-refractivity contribution in [2.45, 2.75) is 58.3 Å². The highest BCUT2D eigenvalue weighted by molar-refractivity contribution is 5.83. The van der Waals surface area contributed by atoms with E-state index in [1.165, 1.54) is 24.0 Å². The predicted octanol–water partition coefficient (Wildman–Crippen LogP) is 4.81. The Morgan fingerprint density at radius 2 is 1.84 bits per heavy atom. The van der Waals surface area contributed by atoms with Gasteiger partial charge in [0.2, 0.25) is 0 Å². The second-order valence-corrected chi connectivity index (χ2v) is 5.90. The first kappa shape index (κ1) is 14.0. The van der Waals surface area contributed by atoms with Crippen LogP contribution < -0.4 is 0 Å². The lowest BCUT2D eigenvalue weighted by atomic mass is 9.93. The maximum Gasteiger partial charge on any atom is 0.141 e. The van der Waals surface area contributed by atoms with Crippen molar-refractivity contribution >= 4 is 5.78 Å². The van der Waals surface area contributed by atoms with Crippen LogP contribution in [0.25, 0.3) is 0 Å². The summed E-state index contributed by atoms with van der Waals surface area (Å²) in [5.74, 6) is 0.905. The van der Waals surface area contributed by atoms with Crippen LogP contribution in [-0.4, -0.2) is 5.78 Å². The Balaban J connectivity index is 1.89. The predicted molar refractivity (Wildman–Crippen MR) is 80.4 cm³/mol. The molecule has 1 aliphatic rings. The molecule has 19 heavy (non-hydrogen) atoms. The molecule has 102 valence electrons. The summed E-state index contributed by atoms with van der Waals surface area (Å²) in [6.45, 7) is 4.38. The topological polar surface area (TPSA) is 17.1 Å². The van der Waals surface area contributed by atoms with Crippen molar-refractivity contribution in [3.63, 3.8) is 0 Å². The highest BCUT2D eigenvalue weighted by atomic mass is 16.1. The van der Waals surface area contributed by atoms with E-state index in [4.69, 9.17) is 0 Å². The van der Waals surface area contributed by atoms with Gasteiger partial charge >= 0.3 is 0 Å². The number of hydrogen-bond acceptors (Lipinski definition) is 1. The van der Waals surface area contributed by atoms with Gasteiger partial charge in [-0.25, -0.2) is 0 Å². The zero-order valence-electron chi connectivity index (χ0n) is 12.1. The Hall–Kier alpha value is -1.37. The minimum absolute atomic E-state index is 0.352. The van der Waals surface area contributed by atoms with Crippen LogP contribution in [0.15, 0.2) is 35.9 Å². The van der Waals surface area contributed by atoms with Gasteiger partial charge in [-0.2, -0.15) is 0 Å². The highest BCUT2D eigenvalue weighted by Crippen LogP contribution is 2.21. The van der Waals surface area contributed by atoms with E-state index >= 15 is 0 Å². The molecule has 0 heterocycles. The Morgan fingerprint density at radius 3 is 2.42 bits per heavy atom. The molecule has 0 unspecified atom stereocenters. The molecule has 0 bridgehead atoms. The van der Waals surface area contributed by atoms with E-state index in [1.807, 2.05) is 0 Å². The molecule has 0 saturated carbocycles. The minimum atomic E-state index is 0.352. The van der Waals surface area contributed by atoms with Gasteiger partial charge in [-0.3, -0.25) is 4.79 Å². The maximum absolute atomic E-state index is 12.1. The van der Waals surface area contributed by atoms with Gasteiger partial charge in [0, 0.05) is 12.8 Å². The number of ketones is 1. The van der Waals surface area contributed by atoms with Gasteiger partial charge in [-0.15, -0.1) is 0 Å². The van der Waals surface area contributed by atoms with Gasteiger partial charge in [0.1, 0.15) is 5.78 Å². The number of Topliss-reactive ketones (excluding diaryl/α,β-unsaturated/α-hetero) is 1. The molecule has 0 aliphatic heterocycles. The fourth-order valence-electron chi connectivity index (χ4n) is 2.63. The van der Waals surface area contributed by atoms with E-state index in [0.29, 0.717) is 24.5 Å². The van der Waals surface area contributed by atoms with Crippen LogP contribution >= 0.6 is 0 Å². The summed E-state index contributed by atoms with van der Waals surface area (Å²) in [4.78, 5) is 12.1. The third-order valence-corrected chi connectivity index (χ3v) is 3.86. The smallest absolute Gasteiger partial charge is 0.141 e. The van der Waals surface area contributed by atoms with Gasteiger partial charge in [0.25, 0.3) is 0 Å². The molecule has 1 aromatic rings. The van der Waals surface area contributed by atoms with E-state index in [2.05, 4.69) is 44.2 Å². The summed E-state index contributed by atoms with van der Waals surface area (Å²) in [6, 6.07) is 8.49. The quantitative estimate of drug-likeness (QED) is 0.691. The molecule has 1 aliphatic carbocycles. The molecule has 2 rings (SSSR count). The molecule has 1 nitrogen and oxygen atoms in total. The number of carbonyl (C=O) groups excluding carboxylic acids is 1. The Labute approximate surface area is 116 Å². The fraction of sp³-hybridized carbons (Fsp3) is 0.500. The lowest BCUT2D eigenvalue weighted by Crippen LogP contribution is -2.06. The molecule has 0 saturated heterocycles. The molecule has 0 radical (unpaired) electrons. The Bertz CT molecular complexity index is 451. The van der Waals surface area contributed by atoms with E-state index in [-0.39, 0.29) is 0 Å². The van der Waals surface area contributed by atoms with E-state index in [1.54, 1.807) is 0 Å². The number of hydrogen-bond donors (Lipinski definition) is 0. The monoisotopic (exact) mass is 256 g/mol. The number of allylic oxidation sites excluding steroid dienone is 2. The normalized spacial score (nSPS) is 15.4. The lowest BCUT2D eigenvalue weighted by Gasteiger charge is -2.12. The van der Waals surface area contributed by atoms with Crippen LogP contribution in [0.1, 0.15) is 63.0 Å². The van der Waals surface area contributed by atoms with E-state index < -0.39 is 0 Å². The zero-order chi connectivity index (χ0) is 13.7. The minimum Gasteiger partial charge on any atom is -0.299 e. The summed E-state index contributed by atoms with van der Waals surface area (Å²) in [7, 11) is 0. The molecule has 0 fully saturated rings. The first-order valence-corrected chi connectivity index (χ1v) is 7.43. The van der Waals surface area contributed by atoms with Gasteiger partial charge < -0.3 is 0 Å². The number of rotatable bonds is 5. The Morgan fingerprint density at radius 1 is 1.11 bits per heavy atom. The van der Waals surface area contributed by atoms with Crippen molar-refractivity contribution in [2.75, 3.05) is 0 Å².